The Morgan fingerprint density at radius 2 is 1.06 bits per heavy atom. The van der Waals surface area contributed by atoms with Crippen molar-refractivity contribution in [3.05, 3.63) is 108 Å². The van der Waals surface area contributed by atoms with Crippen LogP contribution >= 0.6 is 0 Å². The first-order valence-electron chi connectivity index (χ1n) is 19.0. The summed E-state index contributed by atoms with van der Waals surface area (Å²) in [5, 5.41) is 11.7. The lowest BCUT2D eigenvalue weighted by atomic mass is 9.96. The summed E-state index contributed by atoms with van der Waals surface area (Å²) in [7, 11) is 1.55. The highest BCUT2D eigenvalue weighted by Gasteiger charge is 2.40. The van der Waals surface area contributed by atoms with E-state index in [9.17, 15) is 24.0 Å². The first-order chi connectivity index (χ1) is 25.7. The van der Waals surface area contributed by atoms with Gasteiger partial charge in [0, 0.05) is 13.5 Å². The Morgan fingerprint density at radius 1 is 0.574 bits per heavy atom. The van der Waals surface area contributed by atoms with Gasteiger partial charge in [-0.05, 0) is 47.3 Å². The number of hydrogen-bond acceptors (Lipinski definition) is 6. The van der Waals surface area contributed by atoms with Gasteiger partial charge in [0.25, 0.3) is 0 Å². The molecule has 3 aromatic rings. The summed E-state index contributed by atoms with van der Waals surface area (Å²) in [6, 6.07) is 22.4. The van der Waals surface area contributed by atoms with Gasteiger partial charge in [0.2, 0.25) is 29.5 Å². The van der Waals surface area contributed by atoms with Crippen molar-refractivity contribution in [2.45, 2.75) is 104 Å². The Hall–Kier alpha value is -5.03. The van der Waals surface area contributed by atoms with Crippen LogP contribution in [0.1, 0.15) is 77.2 Å². The van der Waals surface area contributed by atoms with Crippen molar-refractivity contribution in [2.24, 2.45) is 17.8 Å². The molecule has 0 saturated carbocycles. The van der Waals surface area contributed by atoms with Gasteiger partial charge in [-0.2, -0.15) is 0 Å². The molecule has 0 bridgehead atoms. The standard InChI is InChI=1S/C43H57N5O6/c1-27(2)23-33-39(49)44-34(25-30-17-11-8-12-18-30)40(50)47-36(38(32-21-15-10-16-22-32)54-26-31-19-13-9-14-20-31)41(51)46-35(24-28(3)4)43(53)48(7)37(29(5)6)42(52)45-33/h8-22,27-29,33-38H,23-26H2,1-7H3,(H,44,49)(H,45,52)(H,46,51)(H,47,50)/t33-,34-,35-,36-,37-,38?/m0/s1. The number of likely N-dealkylation sites (N-methyl/N-ethyl adjacent to an activating group) is 1. The van der Waals surface area contributed by atoms with Crippen molar-refractivity contribution in [1.29, 1.82) is 0 Å². The molecular formula is C43H57N5O6. The Balaban J connectivity index is 1.87. The average Bonchev–Trinajstić information content (AvgIpc) is 3.13. The second-order valence-corrected chi connectivity index (χ2v) is 15.4. The smallest absolute Gasteiger partial charge is 0.246 e. The first-order valence-corrected chi connectivity index (χ1v) is 19.0. The molecule has 1 unspecified atom stereocenters. The summed E-state index contributed by atoms with van der Waals surface area (Å²) in [4.78, 5) is 73.2. The van der Waals surface area contributed by atoms with Crippen molar-refractivity contribution < 1.29 is 28.7 Å². The number of rotatable bonds is 12. The maximum atomic E-state index is 14.7. The van der Waals surface area contributed by atoms with E-state index in [0.29, 0.717) is 12.0 Å². The number of amides is 5. The quantitative estimate of drug-likeness (QED) is 0.212. The second kappa shape index (κ2) is 19.9. The van der Waals surface area contributed by atoms with Crippen molar-refractivity contribution in [1.82, 2.24) is 26.2 Å². The fraction of sp³-hybridized carbons (Fsp3) is 0.465. The molecule has 0 aliphatic carbocycles. The number of nitrogens with zero attached hydrogens (tertiary/aromatic N) is 1. The maximum Gasteiger partial charge on any atom is 0.246 e. The zero-order chi connectivity index (χ0) is 39.4. The van der Waals surface area contributed by atoms with Gasteiger partial charge in [-0.25, -0.2) is 0 Å². The predicted octanol–water partition coefficient (Wildman–Crippen LogP) is 4.72. The molecular weight excluding hydrogens is 683 g/mol. The van der Waals surface area contributed by atoms with Crippen LogP contribution in [0, 0.1) is 17.8 Å². The molecule has 1 saturated heterocycles. The predicted molar refractivity (Wildman–Crippen MR) is 209 cm³/mol. The molecule has 54 heavy (non-hydrogen) atoms. The number of benzene rings is 3. The van der Waals surface area contributed by atoms with E-state index in [1.54, 1.807) is 7.05 Å². The molecule has 11 heteroatoms. The molecule has 0 radical (unpaired) electrons. The lowest BCUT2D eigenvalue weighted by molar-refractivity contribution is -0.145. The molecule has 0 aromatic heterocycles. The van der Waals surface area contributed by atoms with Gasteiger partial charge in [0.05, 0.1) is 6.61 Å². The van der Waals surface area contributed by atoms with Gasteiger partial charge in [0.1, 0.15) is 36.3 Å². The fourth-order valence-corrected chi connectivity index (χ4v) is 6.87. The average molecular weight is 740 g/mol. The van der Waals surface area contributed by atoms with Crippen LogP contribution in [0.5, 0.6) is 0 Å². The van der Waals surface area contributed by atoms with Gasteiger partial charge < -0.3 is 30.9 Å². The third kappa shape index (κ3) is 11.7. The van der Waals surface area contributed by atoms with Crippen LogP contribution in [-0.4, -0.2) is 71.7 Å². The maximum absolute atomic E-state index is 14.7. The molecule has 4 N–H and O–H groups in total. The molecule has 1 fully saturated rings. The van der Waals surface area contributed by atoms with Gasteiger partial charge in [0.15, 0.2) is 0 Å². The largest absolute Gasteiger partial charge is 0.366 e. The highest BCUT2D eigenvalue weighted by atomic mass is 16.5. The molecule has 1 heterocycles. The minimum Gasteiger partial charge on any atom is -0.366 e. The molecule has 11 nitrogen and oxygen atoms in total. The van der Waals surface area contributed by atoms with E-state index in [1.807, 2.05) is 133 Å². The molecule has 5 amide bonds. The van der Waals surface area contributed by atoms with E-state index in [1.165, 1.54) is 4.90 Å². The molecule has 290 valence electrons. The summed E-state index contributed by atoms with van der Waals surface area (Å²) in [5.74, 6) is -3.09. The summed E-state index contributed by atoms with van der Waals surface area (Å²) in [6.07, 6.45) is -0.314. The van der Waals surface area contributed by atoms with Crippen LogP contribution < -0.4 is 21.3 Å². The van der Waals surface area contributed by atoms with Crippen LogP contribution in [0.4, 0.5) is 0 Å². The van der Waals surface area contributed by atoms with E-state index < -0.39 is 65.8 Å². The van der Waals surface area contributed by atoms with E-state index in [0.717, 1.165) is 11.1 Å². The van der Waals surface area contributed by atoms with Crippen LogP contribution in [-0.2, 0) is 41.7 Å². The number of carbonyl (C=O) groups excluding carboxylic acids is 5. The molecule has 0 spiro atoms. The van der Waals surface area contributed by atoms with E-state index in [2.05, 4.69) is 21.3 Å². The molecule has 4 rings (SSSR count). The van der Waals surface area contributed by atoms with Crippen LogP contribution in [0.3, 0.4) is 0 Å². The number of hydrogen-bond donors (Lipinski definition) is 4. The highest BCUT2D eigenvalue weighted by molar-refractivity contribution is 5.98. The zero-order valence-corrected chi connectivity index (χ0v) is 32.6. The Labute approximate surface area is 320 Å². The minimum atomic E-state index is -1.33. The van der Waals surface area contributed by atoms with Gasteiger partial charge >= 0.3 is 0 Å². The number of ether oxygens (including phenoxy) is 1. The van der Waals surface area contributed by atoms with Gasteiger partial charge in [-0.1, -0.05) is 133 Å². The summed E-state index contributed by atoms with van der Waals surface area (Å²) in [5.41, 5.74) is 2.27. The summed E-state index contributed by atoms with van der Waals surface area (Å²) in [6.45, 7) is 11.6. The topological polar surface area (TPSA) is 146 Å². The van der Waals surface area contributed by atoms with Crippen molar-refractivity contribution in [3.8, 4) is 0 Å². The Bertz CT molecular complexity index is 1680. The van der Waals surface area contributed by atoms with Crippen LogP contribution in [0.25, 0.3) is 0 Å². The number of nitrogens with one attached hydrogen (secondary N) is 4. The highest BCUT2D eigenvalue weighted by Crippen LogP contribution is 2.25. The molecule has 1 aliphatic rings. The second-order valence-electron chi connectivity index (χ2n) is 15.4. The third-order valence-corrected chi connectivity index (χ3v) is 9.53. The van der Waals surface area contributed by atoms with Crippen LogP contribution in [0.2, 0.25) is 0 Å². The van der Waals surface area contributed by atoms with E-state index >= 15 is 0 Å². The molecule has 1 aliphatic heterocycles. The normalized spacial score (nSPS) is 22.6. The monoisotopic (exact) mass is 739 g/mol. The summed E-state index contributed by atoms with van der Waals surface area (Å²) < 4.78 is 6.51. The van der Waals surface area contributed by atoms with E-state index in [4.69, 9.17) is 4.74 Å². The first kappa shape index (κ1) is 41.7. The van der Waals surface area contributed by atoms with Gasteiger partial charge in [-0.3, -0.25) is 24.0 Å². The lowest BCUT2D eigenvalue weighted by Crippen LogP contribution is -2.60. The SMILES string of the molecule is CC(C)C[C@@H]1NC(=O)[C@H](C(C)C)N(C)C(=O)[C@H](CC(C)C)NC(=O)[C@H](C(OCc2ccccc2)c2ccccc2)NC(=O)[C@H](Cc2ccccc2)NC1=O. The zero-order valence-electron chi connectivity index (χ0n) is 32.6. The number of carbonyl (C=O) groups is 5. The third-order valence-electron chi connectivity index (χ3n) is 9.53. The van der Waals surface area contributed by atoms with Crippen LogP contribution in [0.15, 0.2) is 91.0 Å². The van der Waals surface area contributed by atoms with Crippen molar-refractivity contribution in [2.75, 3.05) is 7.05 Å². The van der Waals surface area contributed by atoms with Gasteiger partial charge in [-0.15, -0.1) is 0 Å². The molecule has 6 atom stereocenters. The summed E-state index contributed by atoms with van der Waals surface area (Å²) >= 11 is 0. The fourth-order valence-electron chi connectivity index (χ4n) is 6.87. The van der Waals surface area contributed by atoms with Crippen molar-refractivity contribution in [3.63, 3.8) is 0 Å². The minimum absolute atomic E-state index is 0.0106. The van der Waals surface area contributed by atoms with E-state index in [-0.39, 0.29) is 37.2 Å². The molecule has 3 aromatic carbocycles. The lowest BCUT2D eigenvalue weighted by Gasteiger charge is -2.35. The Kier molecular flexibility index (Phi) is 15.4. The Morgan fingerprint density at radius 3 is 1.61 bits per heavy atom. The van der Waals surface area contributed by atoms with Crippen molar-refractivity contribution >= 4 is 29.5 Å².